The van der Waals surface area contributed by atoms with E-state index in [1.165, 1.54) is 31.3 Å². The van der Waals surface area contributed by atoms with Crippen LogP contribution < -0.4 is 0 Å². The number of carboxylic acids is 1. The Kier molecular flexibility index (Phi) is 4.48. The van der Waals surface area contributed by atoms with Crippen molar-refractivity contribution in [2.75, 3.05) is 0 Å². The summed E-state index contributed by atoms with van der Waals surface area (Å²) in [6, 6.07) is 0. The average molecular weight is 369 g/mol. The predicted octanol–water partition coefficient (Wildman–Crippen LogP) is 6.25. The molecule has 148 valence electrons. The molecular weight excluding hydrogens is 332 g/mol. The summed E-state index contributed by atoms with van der Waals surface area (Å²) in [7, 11) is 0. The second-order valence-electron chi connectivity index (χ2n) is 10.8. The van der Waals surface area contributed by atoms with Crippen LogP contribution >= 0.6 is 0 Å². The summed E-state index contributed by atoms with van der Waals surface area (Å²) >= 11 is 0. The zero-order chi connectivity index (χ0) is 19.6. The molecule has 0 aromatic heterocycles. The quantitative estimate of drug-likeness (QED) is 0.585. The molecule has 2 nitrogen and oxygen atoms in total. The molecule has 27 heavy (non-hydrogen) atoms. The molecule has 0 radical (unpaired) electrons. The van der Waals surface area contributed by atoms with Gasteiger partial charge in [0.15, 0.2) is 0 Å². The van der Waals surface area contributed by atoms with Crippen LogP contribution in [0.15, 0.2) is 36.0 Å². The molecule has 4 rings (SSSR count). The van der Waals surface area contributed by atoms with Gasteiger partial charge < -0.3 is 5.11 Å². The van der Waals surface area contributed by atoms with Crippen LogP contribution in [-0.4, -0.2) is 11.1 Å². The lowest BCUT2D eigenvalue weighted by molar-refractivity contribution is -0.133. The molecule has 2 heteroatoms. The molecular formula is C25H36O2. The molecule has 0 amide bonds. The molecule has 4 aliphatic carbocycles. The Balaban J connectivity index is 1.78. The van der Waals surface area contributed by atoms with Crippen molar-refractivity contribution in [2.45, 2.75) is 66.2 Å². The first-order valence-corrected chi connectivity index (χ1v) is 10.9. The van der Waals surface area contributed by atoms with E-state index in [-0.39, 0.29) is 5.92 Å². The van der Waals surface area contributed by atoms with Gasteiger partial charge in [-0.15, -0.1) is 0 Å². The molecule has 8 atom stereocenters. The lowest BCUT2D eigenvalue weighted by Crippen LogP contribution is -2.48. The first kappa shape index (κ1) is 19.0. The van der Waals surface area contributed by atoms with Gasteiger partial charge in [0.1, 0.15) is 0 Å². The summed E-state index contributed by atoms with van der Waals surface area (Å²) < 4.78 is 0. The fourth-order valence-corrected chi connectivity index (χ4v) is 7.52. The van der Waals surface area contributed by atoms with E-state index < -0.39 is 5.97 Å². The van der Waals surface area contributed by atoms with Gasteiger partial charge in [-0.3, -0.25) is 0 Å². The van der Waals surface area contributed by atoms with Crippen molar-refractivity contribution in [3.63, 3.8) is 0 Å². The Morgan fingerprint density at radius 1 is 1.19 bits per heavy atom. The molecule has 0 heterocycles. The molecule has 0 unspecified atom stereocenters. The minimum Gasteiger partial charge on any atom is -0.478 e. The van der Waals surface area contributed by atoms with Gasteiger partial charge >= 0.3 is 5.97 Å². The second kappa shape index (κ2) is 6.36. The van der Waals surface area contributed by atoms with Crippen molar-refractivity contribution in [3.8, 4) is 0 Å². The molecule has 1 N–H and O–H groups in total. The summed E-state index contributed by atoms with van der Waals surface area (Å²) in [5, 5.41) is 9.91. The van der Waals surface area contributed by atoms with Gasteiger partial charge in [-0.05, 0) is 85.9 Å². The molecule has 0 spiro atoms. The molecule has 0 aromatic rings. The van der Waals surface area contributed by atoms with Crippen LogP contribution in [-0.2, 0) is 4.79 Å². The van der Waals surface area contributed by atoms with Gasteiger partial charge in [-0.25, -0.2) is 4.79 Å². The first-order valence-electron chi connectivity index (χ1n) is 10.9. The molecule has 0 aromatic carbocycles. The Labute approximate surface area is 164 Å². The number of rotatable bonds is 2. The van der Waals surface area contributed by atoms with Crippen LogP contribution in [0, 0.1) is 46.3 Å². The van der Waals surface area contributed by atoms with Gasteiger partial charge in [0.05, 0.1) is 0 Å². The monoisotopic (exact) mass is 368 g/mol. The highest BCUT2D eigenvalue weighted by Gasteiger charge is 2.58. The molecule has 2 saturated carbocycles. The van der Waals surface area contributed by atoms with E-state index in [0.717, 1.165) is 12.8 Å². The molecule has 0 aliphatic heterocycles. The highest BCUT2D eigenvalue weighted by atomic mass is 16.4. The maximum absolute atomic E-state index is 12.1. The zero-order valence-electron chi connectivity index (χ0n) is 17.5. The Morgan fingerprint density at radius 2 is 1.89 bits per heavy atom. The minimum absolute atomic E-state index is 0.101. The van der Waals surface area contributed by atoms with E-state index in [1.54, 1.807) is 0 Å². The Hall–Kier alpha value is -1.31. The number of hydrogen-bond donors (Lipinski definition) is 1. The fourth-order valence-electron chi connectivity index (χ4n) is 7.52. The molecule has 4 aliphatic rings. The number of allylic oxidation sites excluding steroid dienone is 4. The van der Waals surface area contributed by atoms with Crippen molar-refractivity contribution in [3.05, 3.63) is 36.0 Å². The Bertz CT molecular complexity index is 716. The lowest BCUT2D eigenvalue weighted by atomic mass is 9.49. The van der Waals surface area contributed by atoms with E-state index in [1.807, 2.05) is 0 Å². The van der Waals surface area contributed by atoms with Crippen molar-refractivity contribution >= 4 is 5.97 Å². The van der Waals surface area contributed by atoms with Crippen molar-refractivity contribution in [1.82, 2.24) is 0 Å². The summed E-state index contributed by atoms with van der Waals surface area (Å²) in [6.45, 7) is 13.9. The number of carboxylic acid groups (broad SMARTS) is 1. The van der Waals surface area contributed by atoms with E-state index in [4.69, 9.17) is 0 Å². The molecule has 0 bridgehead atoms. The molecule has 2 fully saturated rings. The van der Waals surface area contributed by atoms with Crippen LogP contribution in [0.1, 0.15) is 66.2 Å². The highest BCUT2D eigenvalue weighted by molar-refractivity contribution is 5.87. The van der Waals surface area contributed by atoms with Crippen LogP contribution in [0.3, 0.4) is 0 Å². The standard InChI is InChI=1S/C25H36O2/c1-15(2)17-10-11-24(4)12-13-25(5)14-20-16(3)6-7-18(20)19(23(26)27)8-9-21(25)22(17)24/h6-8,16-18,20-22H,1,9-14H2,2-5H3,(H,26,27)/t16-,17+,18-,20-,21-,22-,24-,25+/m0/s1. The number of carbonyl (C=O) groups is 1. The third kappa shape index (κ3) is 2.86. The SMILES string of the molecule is C=C(C)[C@H]1CC[C@@]2(C)CC[C@]3(C)C[C@H]4[C@@H](C)C=C[C@H]4C(C(=O)O)=CC[C@H]3[C@H]12. The summed E-state index contributed by atoms with van der Waals surface area (Å²) in [6.07, 6.45) is 13.8. The van der Waals surface area contributed by atoms with Crippen molar-refractivity contribution < 1.29 is 9.90 Å². The van der Waals surface area contributed by atoms with Gasteiger partial charge in [-0.1, -0.05) is 51.2 Å². The van der Waals surface area contributed by atoms with Crippen molar-refractivity contribution in [2.24, 2.45) is 46.3 Å². The van der Waals surface area contributed by atoms with E-state index in [9.17, 15) is 9.90 Å². The zero-order valence-corrected chi connectivity index (χ0v) is 17.5. The lowest BCUT2D eigenvalue weighted by Gasteiger charge is -2.56. The minimum atomic E-state index is -0.714. The van der Waals surface area contributed by atoms with E-state index in [0.29, 0.717) is 46.0 Å². The smallest absolute Gasteiger partial charge is 0.331 e. The summed E-state index contributed by atoms with van der Waals surface area (Å²) in [5.74, 6) is 2.13. The van der Waals surface area contributed by atoms with Gasteiger partial charge in [0.2, 0.25) is 0 Å². The summed E-state index contributed by atoms with van der Waals surface area (Å²) in [4.78, 5) is 12.1. The van der Waals surface area contributed by atoms with Crippen molar-refractivity contribution in [1.29, 1.82) is 0 Å². The van der Waals surface area contributed by atoms with E-state index >= 15 is 0 Å². The second-order valence-corrected chi connectivity index (χ2v) is 10.8. The summed E-state index contributed by atoms with van der Waals surface area (Å²) in [5.41, 5.74) is 2.71. The van der Waals surface area contributed by atoms with Gasteiger partial charge in [0, 0.05) is 11.5 Å². The van der Waals surface area contributed by atoms with Gasteiger partial charge in [0.25, 0.3) is 0 Å². The van der Waals surface area contributed by atoms with Crippen LogP contribution in [0.25, 0.3) is 0 Å². The number of hydrogen-bond acceptors (Lipinski definition) is 1. The predicted molar refractivity (Wildman–Crippen MR) is 110 cm³/mol. The van der Waals surface area contributed by atoms with Crippen LogP contribution in [0.4, 0.5) is 0 Å². The van der Waals surface area contributed by atoms with Crippen LogP contribution in [0.5, 0.6) is 0 Å². The largest absolute Gasteiger partial charge is 0.478 e. The third-order valence-corrected chi connectivity index (χ3v) is 9.15. The maximum Gasteiger partial charge on any atom is 0.331 e. The number of aliphatic carboxylic acids is 1. The normalized spacial score (nSPS) is 48.7. The fraction of sp³-hybridized carbons (Fsp3) is 0.720. The van der Waals surface area contributed by atoms with Crippen LogP contribution in [0.2, 0.25) is 0 Å². The highest BCUT2D eigenvalue weighted by Crippen LogP contribution is 2.66. The molecule has 0 saturated heterocycles. The average Bonchev–Trinajstić information content (AvgIpc) is 3.10. The number of fused-ring (bicyclic) bond motifs is 4. The van der Waals surface area contributed by atoms with E-state index in [2.05, 4.69) is 52.5 Å². The Morgan fingerprint density at radius 3 is 2.56 bits per heavy atom. The first-order chi connectivity index (χ1) is 12.7. The van der Waals surface area contributed by atoms with Gasteiger partial charge in [-0.2, -0.15) is 0 Å². The third-order valence-electron chi connectivity index (χ3n) is 9.15. The maximum atomic E-state index is 12.1. The topological polar surface area (TPSA) is 37.3 Å².